The van der Waals surface area contributed by atoms with E-state index < -0.39 is 0 Å². The van der Waals surface area contributed by atoms with Crippen molar-refractivity contribution in [1.82, 2.24) is 4.98 Å². The fourth-order valence-corrected chi connectivity index (χ4v) is 1.27. The summed E-state index contributed by atoms with van der Waals surface area (Å²) in [6, 6.07) is 4.05. The number of nitrogens with two attached hydrogens (primary N) is 1. The molecule has 0 bridgehead atoms. The van der Waals surface area contributed by atoms with Crippen LogP contribution in [-0.4, -0.2) is 16.0 Å². The average molecular weight is 223 g/mol. The van der Waals surface area contributed by atoms with Gasteiger partial charge in [0, 0.05) is 12.2 Å². The van der Waals surface area contributed by atoms with Crippen molar-refractivity contribution in [2.75, 3.05) is 5.32 Å². The fourth-order valence-electron chi connectivity index (χ4n) is 1.10. The number of nitrogens with zero attached hydrogens (tertiary/aromatic N) is 1. The molecule has 0 radical (unpaired) electrons. The zero-order chi connectivity index (χ0) is 11.4. The minimum atomic E-state index is 0.341. The third-order valence-electron chi connectivity index (χ3n) is 2.44. The summed E-state index contributed by atoms with van der Waals surface area (Å²) in [7, 11) is 0. The van der Waals surface area contributed by atoms with Crippen LogP contribution >= 0.6 is 12.2 Å². The zero-order valence-electron chi connectivity index (χ0n) is 9.32. The molecule has 4 heteroatoms. The standard InChI is InChI=1S/C11H17N3S/c1-7(2)8(3)14-11-9(10(12)15)5-4-6-13-11/h4-8H,1-3H3,(H2,12,15)(H,13,14). The number of aromatic nitrogens is 1. The van der Waals surface area contributed by atoms with Crippen LogP contribution in [0.5, 0.6) is 0 Å². The zero-order valence-corrected chi connectivity index (χ0v) is 10.1. The van der Waals surface area contributed by atoms with E-state index in [1.807, 2.05) is 12.1 Å². The van der Waals surface area contributed by atoms with Crippen molar-refractivity contribution in [3.8, 4) is 0 Å². The molecule has 0 spiro atoms. The van der Waals surface area contributed by atoms with Gasteiger partial charge < -0.3 is 11.1 Å². The van der Waals surface area contributed by atoms with E-state index in [9.17, 15) is 0 Å². The van der Waals surface area contributed by atoms with E-state index in [1.54, 1.807) is 6.20 Å². The smallest absolute Gasteiger partial charge is 0.136 e. The van der Waals surface area contributed by atoms with Crippen LogP contribution in [-0.2, 0) is 0 Å². The molecule has 1 rings (SSSR count). The van der Waals surface area contributed by atoms with Gasteiger partial charge in [0.25, 0.3) is 0 Å². The second-order valence-corrected chi connectivity index (χ2v) is 4.38. The van der Waals surface area contributed by atoms with Gasteiger partial charge in [-0.05, 0) is 25.0 Å². The van der Waals surface area contributed by atoms with E-state index >= 15 is 0 Å². The van der Waals surface area contributed by atoms with Gasteiger partial charge in [0.05, 0.1) is 5.56 Å². The molecule has 1 atom stereocenters. The molecular formula is C11H17N3S. The van der Waals surface area contributed by atoms with E-state index in [1.165, 1.54) is 0 Å². The van der Waals surface area contributed by atoms with Gasteiger partial charge in [-0.15, -0.1) is 0 Å². The first kappa shape index (κ1) is 11.9. The van der Waals surface area contributed by atoms with E-state index in [0.29, 0.717) is 16.9 Å². The van der Waals surface area contributed by atoms with Crippen LogP contribution in [0.15, 0.2) is 18.3 Å². The molecule has 0 fully saturated rings. The Balaban J connectivity index is 2.89. The molecule has 0 aromatic carbocycles. The maximum Gasteiger partial charge on any atom is 0.136 e. The van der Waals surface area contributed by atoms with Crippen LogP contribution in [0.25, 0.3) is 0 Å². The SMILES string of the molecule is CC(C)C(C)Nc1ncccc1C(N)=S. The number of hydrogen-bond acceptors (Lipinski definition) is 3. The third-order valence-corrected chi connectivity index (χ3v) is 2.66. The number of anilines is 1. The van der Waals surface area contributed by atoms with Crippen LogP contribution in [0.4, 0.5) is 5.82 Å². The number of rotatable bonds is 4. The molecule has 0 amide bonds. The molecule has 1 aromatic rings. The summed E-state index contributed by atoms with van der Waals surface area (Å²) in [6.07, 6.45) is 1.73. The lowest BCUT2D eigenvalue weighted by Crippen LogP contribution is -2.24. The highest BCUT2D eigenvalue weighted by Gasteiger charge is 2.11. The summed E-state index contributed by atoms with van der Waals surface area (Å²) >= 11 is 4.97. The van der Waals surface area contributed by atoms with E-state index in [2.05, 4.69) is 31.1 Å². The van der Waals surface area contributed by atoms with E-state index in [0.717, 1.165) is 11.4 Å². The average Bonchev–Trinajstić information content (AvgIpc) is 2.18. The van der Waals surface area contributed by atoms with Crippen molar-refractivity contribution in [3.05, 3.63) is 23.9 Å². The Bertz CT molecular complexity index is 349. The third kappa shape index (κ3) is 3.16. The molecular weight excluding hydrogens is 206 g/mol. The van der Waals surface area contributed by atoms with Crippen molar-refractivity contribution in [3.63, 3.8) is 0 Å². The second-order valence-electron chi connectivity index (χ2n) is 3.94. The lowest BCUT2D eigenvalue weighted by Gasteiger charge is -2.19. The van der Waals surface area contributed by atoms with Gasteiger partial charge in [0.2, 0.25) is 0 Å². The summed E-state index contributed by atoms with van der Waals surface area (Å²) in [6.45, 7) is 6.42. The quantitative estimate of drug-likeness (QED) is 0.768. The summed E-state index contributed by atoms with van der Waals surface area (Å²) in [5.41, 5.74) is 6.42. The molecule has 82 valence electrons. The summed E-state index contributed by atoms with van der Waals surface area (Å²) in [5.74, 6) is 1.30. The number of nitrogens with one attached hydrogen (secondary N) is 1. The molecule has 0 aliphatic carbocycles. The lowest BCUT2D eigenvalue weighted by atomic mass is 10.1. The van der Waals surface area contributed by atoms with Crippen LogP contribution < -0.4 is 11.1 Å². The Morgan fingerprint density at radius 2 is 2.13 bits per heavy atom. The Morgan fingerprint density at radius 3 is 2.67 bits per heavy atom. The van der Waals surface area contributed by atoms with Gasteiger partial charge in [-0.1, -0.05) is 26.1 Å². The van der Waals surface area contributed by atoms with Crippen molar-refractivity contribution in [1.29, 1.82) is 0 Å². The normalized spacial score (nSPS) is 12.5. The fraction of sp³-hybridized carbons (Fsp3) is 0.455. The summed E-state index contributed by atoms with van der Waals surface area (Å²) < 4.78 is 0. The molecule has 1 unspecified atom stereocenters. The Hall–Kier alpha value is -1.16. The molecule has 0 saturated heterocycles. The lowest BCUT2D eigenvalue weighted by molar-refractivity contribution is 0.558. The van der Waals surface area contributed by atoms with Crippen LogP contribution in [0.1, 0.15) is 26.3 Å². The highest BCUT2D eigenvalue weighted by Crippen LogP contribution is 2.14. The molecule has 1 aromatic heterocycles. The second kappa shape index (κ2) is 5.07. The van der Waals surface area contributed by atoms with Crippen LogP contribution in [0.2, 0.25) is 0 Å². The highest BCUT2D eigenvalue weighted by atomic mass is 32.1. The molecule has 0 saturated carbocycles. The van der Waals surface area contributed by atoms with Gasteiger partial charge >= 0.3 is 0 Å². The van der Waals surface area contributed by atoms with Crippen molar-refractivity contribution >= 4 is 23.0 Å². The largest absolute Gasteiger partial charge is 0.389 e. The first-order chi connectivity index (χ1) is 7.02. The van der Waals surface area contributed by atoms with Gasteiger partial charge in [0.1, 0.15) is 10.8 Å². The number of hydrogen-bond donors (Lipinski definition) is 2. The van der Waals surface area contributed by atoms with Gasteiger partial charge in [-0.2, -0.15) is 0 Å². The first-order valence-electron chi connectivity index (χ1n) is 5.03. The minimum absolute atomic E-state index is 0.341. The Kier molecular flexibility index (Phi) is 4.03. The Labute approximate surface area is 96.1 Å². The highest BCUT2D eigenvalue weighted by molar-refractivity contribution is 7.80. The number of thiocarbonyl (C=S) groups is 1. The van der Waals surface area contributed by atoms with Crippen molar-refractivity contribution in [2.45, 2.75) is 26.8 Å². The number of pyridine rings is 1. The molecule has 15 heavy (non-hydrogen) atoms. The summed E-state index contributed by atoms with van der Waals surface area (Å²) in [5, 5.41) is 3.31. The summed E-state index contributed by atoms with van der Waals surface area (Å²) in [4.78, 5) is 4.62. The van der Waals surface area contributed by atoms with E-state index in [-0.39, 0.29) is 0 Å². The van der Waals surface area contributed by atoms with Crippen LogP contribution in [0.3, 0.4) is 0 Å². The van der Waals surface area contributed by atoms with Crippen molar-refractivity contribution in [2.24, 2.45) is 11.7 Å². The Morgan fingerprint density at radius 1 is 1.47 bits per heavy atom. The minimum Gasteiger partial charge on any atom is -0.389 e. The molecule has 3 nitrogen and oxygen atoms in total. The maximum absolute atomic E-state index is 5.62. The van der Waals surface area contributed by atoms with Gasteiger partial charge in [0.15, 0.2) is 0 Å². The molecule has 0 aliphatic rings. The van der Waals surface area contributed by atoms with Crippen molar-refractivity contribution < 1.29 is 0 Å². The molecule has 1 heterocycles. The first-order valence-corrected chi connectivity index (χ1v) is 5.44. The van der Waals surface area contributed by atoms with Crippen LogP contribution in [0, 0.1) is 5.92 Å². The van der Waals surface area contributed by atoms with E-state index in [4.69, 9.17) is 18.0 Å². The molecule has 0 aliphatic heterocycles. The maximum atomic E-state index is 5.62. The predicted octanol–water partition coefficient (Wildman–Crippen LogP) is 2.17. The predicted molar refractivity (Wildman–Crippen MR) is 68.0 cm³/mol. The molecule has 3 N–H and O–H groups in total. The topological polar surface area (TPSA) is 50.9 Å². The monoisotopic (exact) mass is 223 g/mol. The van der Waals surface area contributed by atoms with Gasteiger partial charge in [-0.25, -0.2) is 4.98 Å². The van der Waals surface area contributed by atoms with Gasteiger partial charge in [-0.3, -0.25) is 0 Å².